The van der Waals surface area contributed by atoms with Crippen molar-refractivity contribution in [2.75, 3.05) is 0 Å². The molecule has 2 aromatic rings. The molecule has 0 unspecified atom stereocenters. The monoisotopic (exact) mass is 331 g/mol. The fraction of sp³-hybridized carbons (Fsp3) is 0.500. The van der Waals surface area contributed by atoms with E-state index in [4.69, 9.17) is 0 Å². The van der Waals surface area contributed by atoms with Gasteiger partial charge in [0.15, 0.2) is 0 Å². The summed E-state index contributed by atoms with van der Waals surface area (Å²) < 4.78 is 0. The number of fused-ring (bicyclic) bond motifs is 1. The van der Waals surface area contributed by atoms with Crippen LogP contribution in [0.25, 0.3) is 16.3 Å². The number of benzene rings is 2. The first kappa shape index (κ1) is 18.3. The van der Waals surface area contributed by atoms with Crippen LogP contribution in [-0.4, -0.2) is 7.28 Å². The maximum absolute atomic E-state index is 2.56. The largest absolute Gasteiger partial charge is 0.146 e. The number of hydrogen-bond acceptors (Lipinski definition) is 0. The normalized spacial score (nSPS) is 16.4. The Morgan fingerprint density at radius 2 is 1.52 bits per heavy atom. The molecule has 0 amide bonds. The molecule has 0 fully saturated rings. The van der Waals surface area contributed by atoms with Crippen molar-refractivity contribution in [3.8, 4) is 0 Å². The average molecular weight is 331 g/mol. The number of rotatable bonds is 4. The molecule has 3 rings (SSSR count). The zero-order chi connectivity index (χ0) is 18.1. The van der Waals surface area contributed by atoms with Gasteiger partial charge in [0.1, 0.15) is 7.28 Å². The molecule has 0 saturated carbocycles. The summed E-state index contributed by atoms with van der Waals surface area (Å²) in [7, 11) is 2.56. The first-order valence-corrected chi connectivity index (χ1v) is 9.83. The van der Waals surface area contributed by atoms with Crippen LogP contribution in [-0.2, 0) is 0 Å². The molecule has 0 saturated heterocycles. The van der Waals surface area contributed by atoms with E-state index < -0.39 is 0 Å². The van der Waals surface area contributed by atoms with Crippen molar-refractivity contribution in [3.63, 3.8) is 0 Å². The van der Waals surface area contributed by atoms with Gasteiger partial charge >= 0.3 is 0 Å². The van der Waals surface area contributed by atoms with Crippen LogP contribution < -0.4 is 0 Å². The van der Waals surface area contributed by atoms with Crippen molar-refractivity contribution in [1.29, 1.82) is 0 Å². The minimum absolute atomic E-state index is 0.307. The van der Waals surface area contributed by atoms with E-state index in [0.29, 0.717) is 10.8 Å². The molecule has 0 bridgehead atoms. The Morgan fingerprint density at radius 1 is 0.840 bits per heavy atom. The van der Waals surface area contributed by atoms with E-state index >= 15 is 0 Å². The first-order valence-electron chi connectivity index (χ1n) is 9.83. The van der Waals surface area contributed by atoms with Gasteiger partial charge in [-0.25, -0.2) is 0 Å². The highest BCUT2D eigenvalue weighted by atomic mass is 14.3. The van der Waals surface area contributed by atoms with E-state index in [1.807, 2.05) is 0 Å². The predicted molar refractivity (Wildman–Crippen MR) is 113 cm³/mol. The van der Waals surface area contributed by atoms with Crippen molar-refractivity contribution >= 4 is 23.6 Å². The van der Waals surface area contributed by atoms with E-state index in [-0.39, 0.29) is 0 Å². The van der Waals surface area contributed by atoms with Gasteiger partial charge in [-0.1, -0.05) is 95.4 Å². The third-order valence-corrected chi connectivity index (χ3v) is 6.51. The fourth-order valence-electron chi connectivity index (χ4n) is 3.63. The van der Waals surface area contributed by atoms with Crippen molar-refractivity contribution < 1.29 is 0 Å². The second-order valence-corrected chi connectivity index (χ2v) is 9.28. The molecular formula is C24H32B. The molecule has 1 heteroatoms. The molecule has 0 N–H and O–H groups in total. The van der Waals surface area contributed by atoms with Crippen LogP contribution in [0.15, 0.2) is 47.9 Å². The van der Waals surface area contributed by atoms with Crippen LogP contribution in [0.2, 0.25) is 6.32 Å². The summed E-state index contributed by atoms with van der Waals surface area (Å²) in [5.41, 5.74) is 5.27. The van der Waals surface area contributed by atoms with E-state index in [0.717, 1.165) is 6.32 Å². The maximum atomic E-state index is 2.56. The number of allylic oxidation sites excluding steroid dienone is 2. The zero-order valence-electron chi connectivity index (χ0n) is 16.7. The van der Waals surface area contributed by atoms with E-state index in [1.54, 1.807) is 11.0 Å². The van der Waals surface area contributed by atoms with Gasteiger partial charge in [0.05, 0.1) is 0 Å². The molecule has 25 heavy (non-hydrogen) atoms. The highest BCUT2D eigenvalue weighted by molar-refractivity contribution is 6.47. The molecule has 2 aromatic carbocycles. The van der Waals surface area contributed by atoms with Crippen LogP contribution in [0.4, 0.5) is 0 Å². The highest BCUT2D eigenvalue weighted by Crippen LogP contribution is 2.43. The van der Waals surface area contributed by atoms with Crippen molar-refractivity contribution in [1.82, 2.24) is 0 Å². The quantitative estimate of drug-likeness (QED) is 0.515. The minimum Gasteiger partial charge on any atom is -0.105 e. The van der Waals surface area contributed by atoms with Crippen LogP contribution in [0.5, 0.6) is 0 Å². The van der Waals surface area contributed by atoms with Gasteiger partial charge in [-0.15, -0.1) is 5.47 Å². The van der Waals surface area contributed by atoms with Crippen molar-refractivity contribution in [2.45, 2.75) is 66.6 Å². The lowest BCUT2D eigenvalue weighted by Crippen LogP contribution is -2.31. The van der Waals surface area contributed by atoms with E-state index in [9.17, 15) is 0 Å². The molecular weight excluding hydrogens is 299 g/mol. The van der Waals surface area contributed by atoms with Crippen LogP contribution in [0, 0.1) is 10.8 Å². The maximum Gasteiger partial charge on any atom is 0.146 e. The lowest BCUT2D eigenvalue weighted by atomic mass is 9.51. The summed E-state index contributed by atoms with van der Waals surface area (Å²) in [5, 5.41) is 2.76. The average Bonchev–Trinajstić information content (AvgIpc) is 2.59. The van der Waals surface area contributed by atoms with Gasteiger partial charge in [-0.05, 0) is 46.4 Å². The van der Waals surface area contributed by atoms with Crippen molar-refractivity contribution in [3.05, 3.63) is 53.5 Å². The predicted octanol–water partition coefficient (Wildman–Crippen LogP) is 7.32. The summed E-state index contributed by atoms with van der Waals surface area (Å²) in [6.07, 6.45) is 6.25. The van der Waals surface area contributed by atoms with Gasteiger partial charge < -0.3 is 0 Å². The standard InChI is InChI=1S/C24H32B/c1-23(2,3)24(4,5)17-25-22-16-9-8-14-21(22)20-15-10-12-18-11-6-7-13-19(18)20/h6-7,10-13,15H,8-9,14,16-17H2,1-5H3. The van der Waals surface area contributed by atoms with Gasteiger partial charge in [0.2, 0.25) is 0 Å². The fourth-order valence-corrected chi connectivity index (χ4v) is 3.63. The summed E-state index contributed by atoms with van der Waals surface area (Å²) >= 11 is 0. The van der Waals surface area contributed by atoms with Crippen LogP contribution in [0.1, 0.15) is 65.9 Å². The van der Waals surface area contributed by atoms with Gasteiger partial charge in [-0.2, -0.15) is 0 Å². The lowest BCUT2D eigenvalue weighted by Gasteiger charge is -2.39. The molecule has 1 aliphatic carbocycles. The molecule has 0 spiro atoms. The SMILES string of the molecule is CC(C)(C)C(C)(C)C[B]C1=C(c2cccc3ccccc23)CCCC1. The van der Waals surface area contributed by atoms with E-state index in [2.05, 4.69) is 84.4 Å². The molecule has 0 aliphatic heterocycles. The smallest absolute Gasteiger partial charge is 0.105 e. The molecule has 1 aliphatic rings. The number of hydrogen-bond donors (Lipinski definition) is 0. The Bertz CT molecular complexity index is 769. The van der Waals surface area contributed by atoms with E-state index in [1.165, 1.54) is 42.0 Å². The van der Waals surface area contributed by atoms with Gasteiger partial charge in [0.25, 0.3) is 0 Å². The third kappa shape index (κ3) is 3.86. The molecule has 1 radical (unpaired) electrons. The van der Waals surface area contributed by atoms with Crippen LogP contribution >= 0.6 is 0 Å². The van der Waals surface area contributed by atoms with Gasteiger partial charge in [-0.3, -0.25) is 0 Å². The van der Waals surface area contributed by atoms with Crippen molar-refractivity contribution in [2.24, 2.45) is 10.8 Å². The lowest BCUT2D eigenvalue weighted by molar-refractivity contribution is 0.156. The minimum atomic E-state index is 0.307. The Hall–Kier alpha value is -1.50. The Labute approximate surface area is 155 Å². The second kappa shape index (κ2) is 7.02. The summed E-state index contributed by atoms with van der Waals surface area (Å²) in [4.78, 5) is 0. The summed E-state index contributed by atoms with van der Waals surface area (Å²) in [6, 6.07) is 15.6. The summed E-state index contributed by atoms with van der Waals surface area (Å²) in [6.45, 7) is 11.9. The third-order valence-electron chi connectivity index (χ3n) is 6.51. The topological polar surface area (TPSA) is 0 Å². The zero-order valence-corrected chi connectivity index (χ0v) is 16.7. The van der Waals surface area contributed by atoms with Crippen LogP contribution in [0.3, 0.4) is 0 Å². The summed E-state index contributed by atoms with van der Waals surface area (Å²) in [5.74, 6) is 0. The molecule has 0 heterocycles. The Kier molecular flexibility index (Phi) is 5.14. The Balaban J connectivity index is 1.96. The highest BCUT2D eigenvalue weighted by Gasteiger charge is 2.33. The Morgan fingerprint density at radius 3 is 2.28 bits per heavy atom. The molecule has 131 valence electrons. The molecule has 0 atom stereocenters. The van der Waals surface area contributed by atoms with Gasteiger partial charge in [0, 0.05) is 0 Å². The molecule has 0 aromatic heterocycles. The molecule has 0 nitrogen and oxygen atoms in total. The first-order chi connectivity index (χ1) is 11.8. The second-order valence-electron chi connectivity index (χ2n) is 9.28.